The molecular formula is C10H18N2O3. The molecule has 0 saturated carbocycles. The van der Waals surface area contributed by atoms with Crippen molar-refractivity contribution in [3.63, 3.8) is 0 Å². The predicted octanol–water partition coefficient (Wildman–Crippen LogP) is 0.112. The Balaban J connectivity index is 0. The zero-order chi connectivity index (χ0) is 12.1. The van der Waals surface area contributed by atoms with Gasteiger partial charge in [0.2, 0.25) is 11.8 Å². The fraction of sp³-hybridized carbons (Fsp3) is 0.400. The van der Waals surface area contributed by atoms with Gasteiger partial charge in [-0.05, 0) is 25.0 Å². The summed E-state index contributed by atoms with van der Waals surface area (Å²) >= 11 is 0. The van der Waals surface area contributed by atoms with Gasteiger partial charge in [0.25, 0.3) is 0 Å². The van der Waals surface area contributed by atoms with Gasteiger partial charge in [0.05, 0.1) is 0 Å². The van der Waals surface area contributed by atoms with E-state index in [0.29, 0.717) is 0 Å². The highest BCUT2D eigenvalue weighted by atomic mass is 16.5. The average molecular weight is 214 g/mol. The third kappa shape index (κ3) is 24.5. The lowest BCUT2D eigenvalue weighted by atomic mass is 10.4. The fourth-order valence-corrected chi connectivity index (χ4v) is 0.510. The van der Waals surface area contributed by atoms with Gasteiger partial charge in [0, 0.05) is 13.2 Å². The van der Waals surface area contributed by atoms with Gasteiger partial charge in [-0.1, -0.05) is 13.2 Å². The summed E-state index contributed by atoms with van der Waals surface area (Å²) in [4.78, 5) is 18.9. The number of nitrogens with two attached hydrogens (primary N) is 2. The Morgan fingerprint density at radius 3 is 1.33 bits per heavy atom. The lowest BCUT2D eigenvalue weighted by molar-refractivity contribution is -0.114. The Morgan fingerprint density at radius 1 is 1.00 bits per heavy atom. The smallest absolute Gasteiger partial charge is 0.240 e. The Hall–Kier alpha value is -1.62. The van der Waals surface area contributed by atoms with E-state index in [1.807, 2.05) is 0 Å². The van der Waals surface area contributed by atoms with Gasteiger partial charge in [-0.3, -0.25) is 9.59 Å². The Morgan fingerprint density at radius 2 is 1.27 bits per heavy atom. The van der Waals surface area contributed by atoms with E-state index in [0.717, 1.165) is 25.4 Å². The molecule has 0 spiro atoms. The SMILES string of the molecule is C1CCOC1.C=CC(N)=O.C=CC(N)=O. The first-order valence-corrected chi connectivity index (χ1v) is 4.46. The van der Waals surface area contributed by atoms with Crippen molar-refractivity contribution >= 4 is 11.8 Å². The number of hydrogen-bond acceptors (Lipinski definition) is 3. The lowest BCUT2D eigenvalue weighted by Crippen LogP contribution is -2.04. The second-order valence-electron chi connectivity index (χ2n) is 2.53. The maximum atomic E-state index is 9.47. The van der Waals surface area contributed by atoms with Gasteiger partial charge in [-0.25, -0.2) is 0 Å². The van der Waals surface area contributed by atoms with Crippen molar-refractivity contribution in [1.29, 1.82) is 0 Å². The summed E-state index contributed by atoms with van der Waals surface area (Å²) in [5.74, 6) is -0.963. The van der Waals surface area contributed by atoms with E-state index in [1.54, 1.807) is 0 Å². The molecule has 1 aliphatic rings. The van der Waals surface area contributed by atoms with Crippen LogP contribution < -0.4 is 11.5 Å². The number of primary amides is 2. The molecule has 0 aliphatic carbocycles. The first-order chi connectivity index (χ1) is 7.04. The van der Waals surface area contributed by atoms with Crippen LogP contribution in [0.1, 0.15) is 12.8 Å². The molecule has 0 aromatic heterocycles. The van der Waals surface area contributed by atoms with Gasteiger partial charge in [-0.2, -0.15) is 0 Å². The van der Waals surface area contributed by atoms with Crippen LogP contribution in [0.5, 0.6) is 0 Å². The second kappa shape index (κ2) is 12.4. The molecule has 0 aromatic carbocycles. The van der Waals surface area contributed by atoms with E-state index >= 15 is 0 Å². The first kappa shape index (κ1) is 15.8. The molecule has 4 N–H and O–H groups in total. The predicted molar refractivity (Wildman–Crippen MR) is 58.8 cm³/mol. The topological polar surface area (TPSA) is 95.4 Å². The highest BCUT2D eigenvalue weighted by Gasteiger charge is 1.94. The molecule has 0 atom stereocenters. The molecule has 2 amide bonds. The highest BCUT2D eigenvalue weighted by Crippen LogP contribution is 1.98. The van der Waals surface area contributed by atoms with Crippen molar-refractivity contribution in [3.05, 3.63) is 25.3 Å². The molecule has 86 valence electrons. The summed E-state index contributed by atoms with van der Waals surface area (Å²) < 4.78 is 4.94. The molecule has 1 heterocycles. The summed E-state index contributed by atoms with van der Waals surface area (Å²) in [6.07, 6.45) is 4.67. The van der Waals surface area contributed by atoms with Crippen LogP contribution in [-0.4, -0.2) is 25.0 Å². The average Bonchev–Trinajstić information content (AvgIpc) is 2.76. The van der Waals surface area contributed by atoms with E-state index in [-0.39, 0.29) is 0 Å². The minimum Gasteiger partial charge on any atom is -0.381 e. The lowest BCUT2D eigenvalue weighted by Gasteiger charge is -1.76. The van der Waals surface area contributed by atoms with Crippen LogP contribution in [0.2, 0.25) is 0 Å². The Kier molecular flexibility index (Phi) is 13.1. The van der Waals surface area contributed by atoms with Crippen LogP contribution in [0, 0.1) is 0 Å². The van der Waals surface area contributed by atoms with Gasteiger partial charge in [-0.15, -0.1) is 0 Å². The van der Waals surface area contributed by atoms with Crippen molar-refractivity contribution in [2.75, 3.05) is 13.2 Å². The second-order valence-corrected chi connectivity index (χ2v) is 2.53. The number of rotatable bonds is 2. The fourth-order valence-electron chi connectivity index (χ4n) is 0.510. The molecule has 0 unspecified atom stereocenters. The Bertz CT molecular complexity index is 185. The molecule has 0 aromatic rings. The van der Waals surface area contributed by atoms with Crippen LogP contribution in [-0.2, 0) is 14.3 Å². The minimum absolute atomic E-state index is 0.481. The molecule has 1 saturated heterocycles. The maximum Gasteiger partial charge on any atom is 0.240 e. The third-order valence-electron chi connectivity index (χ3n) is 1.23. The highest BCUT2D eigenvalue weighted by molar-refractivity contribution is 5.85. The number of carbonyl (C=O) groups excluding carboxylic acids is 2. The van der Waals surface area contributed by atoms with Crippen molar-refractivity contribution in [3.8, 4) is 0 Å². The third-order valence-corrected chi connectivity index (χ3v) is 1.23. The van der Waals surface area contributed by atoms with Crippen LogP contribution in [0.15, 0.2) is 25.3 Å². The van der Waals surface area contributed by atoms with Crippen molar-refractivity contribution in [2.45, 2.75) is 12.8 Å². The summed E-state index contributed by atoms with van der Waals surface area (Å²) in [7, 11) is 0. The molecule has 0 bridgehead atoms. The quantitative estimate of drug-likeness (QED) is 0.639. The molecule has 5 nitrogen and oxygen atoms in total. The standard InChI is InChI=1S/C4H8O.2C3H5NO/c1-2-4-5-3-1;2*1-2-3(4)5/h1-4H2;2*2H,1H2,(H2,4,5). The van der Waals surface area contributed by atoms with Gasteiger partial charge >= 0.3 is 0 Å². The number of ether oxygens (including phenoxy) is 1. The minimum atomic E-state index is -0.481. The van der Waals surface area contributed by atoms with E-state index in [9.17, 15) is 9.59 Å². The molecule has 5 heteroatoms. The zero-order valence-corrected chi connectivity index (χ0v) is 8.78. The number of amides is 2. The van der Waals surface area contributed by atoms with Gasteiger partial charge in [0.1, 0.15) is 0 Å². The van der Waals surface area contributed by atoms with E-state index in [2.05, 4.69) is 24.6 Å². The number of carbonyl (C=O) groups is 2. The van der Waals surface area contributed by atoms with Crippen molar-refractivity contribution in [2.24, 2.45) is 11.5 Å². The van der Waals surface area contributed by atoms with Gasteiger partial charge in [0.15, 0.2) is 0 Å². The Labute approximate surface area is 89.8 Å². The molecule has 1 aliphatic heterocycles. The van der Waals surface area contributed by atoms with Crippen LogP contribution in [0.25, 0.3) is 0 Å². The molecule has 0 radical (unpaired) electrons. The molecular weight excluding hydrogens is 196 g/mol. The van der Waals surface area contributed by atoms with Crippen molar-refractivity contribution < 1.29 is 14.3 Å². The largest absolute Gasteiger partial charge is 0.381 e. The molecule has 1 rings (SSSR count). The molecule has 1 fully saturated rings. The van der Waals surface area contributed by atoms with Crippen LogP contribution in [0.3, 0.4) is 0 Å². The van der Waals surface area contributed by atoms with E-state index < -0.39 is 11.8 Å². The van der Waals surface area contributed by atoms with Gasteiger partial charge < -0.3 is 16.2 Å². The summed E-state index contributed by atoms with van der Waals surface area (Å²) in [6, 6.07) is 0. The maximum absolute atomic E-state index is 9.47. The van der Waals surface area contributed by atoms with Crippen molar-refractivity contribution in [1.82, 2.24) is 0 Å². The van der Waals surface area contributed by atoms with E-state index in [4.69, 9.17) is 4.74 Å². The zero-order valence-electron chi connectivity index (χ0n) is 8.78. The number of hydrogen-bond donors (Lipinski definition) is 2. The summed E-state index contributed by atoms with van der Waals surface area (Å²) in [5, 5.41) is 0. The first-order valence-electron chi connectivity index (χ1n) is 4.46. The van der Waals surface area contributed by atoms with Crippen LogP contribution >= 0.6 is 0 Å². The van der Waals surface area contributed by atoms with E-state index in [1.165, 1.54) is 12.8 Å². The molecule has 15 heavy (non-hydrogen) atoms. The summed E-state index contributed by atoms with van der Waals surface area (Å²) in [6.45, 7) is 8.17. The normalized spacial score (nSPS) is 12.3. The van der Waals surface area contributed by atoms with Crippen LogP contribution in [0.4, 0.5) is 0 Å². The summed E-state index contributed by atoms with van der Waals surface area (Å²) in [5.41, 5.74) is 9.07. The monoisotopic (exact) mass is 214 g/mol.